The quantitative estimate of drug-likeness (QED) is 0.917. The summed E-state index contributed by atoms with van der Waals surface area (Å²) in [6.07, 6.45) is 4.70. The number of benzene rings is 1. The lowest BCUT2D eigenvalue weighted by Crippen LogP contribution is -2.50. The minimum absolute atomic E-state index is 0.0360. The first-order valence-electron chi connectivity index (χ1n) is 9.11. The predicted octanol–water partition coefficient (Wildman–Crippen LogP) is 2.71. The molecule has 2 fully saturated rings. The van der Waals surface area contributed by atoms with Gasteiger partial charge in [0, 0.05) is 35.7 Å². The van der Waals surface area contributed by atoms with Gasteiger partial charge >= 0.3 is 0 Å². The van der Waals surface area contributed by atoms with E-state index in [-0.39, 0.29) is 29.7 Å². The van der Waals surface area contributed by atoms with Crippen molar-refractivity contribution < 1.29 is 14.0 Å². The van der Waals surface area contributed by atoms with Gasteiger partial charge in [0.1, 0.15) is 0 Å². The molecule has 1 aliphatic heterocycles. The average Bonchev–Trinajstić information content (AvgIpc) is 3.00. The van der Waals surface area contributed by atoms with Crippen LogP contribution in [-0.2, 0) is 4.79 Å². The van der Waals surface area contributed by atoms with Gasteiger partial charge < -0.3 is 10.2 Å². The van der Waals surface area contributed by atoms with Crippen molar-refractivity contribution in [2.75, 3.05) is 19.8 Å². The summed E-state index contributed by atoms with van der Waals surface area (Å²) < 4.78 is 12.4. The number of nitrogens with one attached hydrogen (secondary N) is 1. The van der Waals surface area contributed by atoms with E-state index >= 15 is 0 Å². The number of hydrogen-bond acceptors (Lipinski definition) is 3. The molecule has 2 heterocycles. The molecule has 0 bridgehead atoms. The fourth-order valence-electron chi connectivity index (χ4n) is 4.19. The SMILES string of the molecule is O=C(CCF)NC1CN(C(=O)c2ccc3cccnc3c2)CC12CCC2. The molecule has 5 nitrogen and oxygen atoms in total. The van der Waals surface area contributed by atoms with Crippen molar-refractivity contribution >= 4 is 22.7 Å². The topological polar surface area (TPSA) is 62.3 Å². The molecular formula is C20H22FN3O2. The normalized spacial score (nSPS) is 21.0. The number of hydrogen-bond donors (Lipinski definition) is 1. The molecule has 2 amide bonds. The molecule has 4 rings (SSSR count). The molecule has 0 radical (unpaired) electrons. The van der Waals surface area contributed by atoms with Gasteiger partial charge in [-0.3, -0.25) is 19.0 Å². The van der Waals surface area contributed by atoms with Crippen LogP contribution in [0.15, 0.2) is 36.5 Å². The minimum Gasteiger partial charge on any atom is -0.351 e. The molecular weight excluding hydrogens is 333 g/mol. The van der Waals surface area contributed by atoms with Crippen LogP contribution in [-0.4, -0.2) is 47.5 Å². The average molecular weight is 355 g/mol. The molecule has 1 saturated heterocycles. The highest BCUT2D eigenvalue weighted by molar-refractivity contribution is 5.98. The summed E-state index contributed by atoms with van der Waals surface area (Å²) >= 11 is 0. The minimum atomic E-state index is -0.654. The smallest absolute Gasteiger partial charge is 0.254 e. The number of halogens is 1. The number of carbonyl (C=O) groups excluding carboxylic acids is 2. The van der Waals surface area contributed by atoms with Crippen molar-refractivity contribution in [3.63, 3.8) is 0 Å². The number of amides is 2. The Morgan fingerprint density at radius 3 is 2.88 bits per heavy atom. The molecule has 2 aromatic rings. The molecule has 1 aromatic heterocycles. The van der Waals surface area contributed by atoms with Crippen LogP contribution < -0.4 is 5.32 Å². The number of rotatable bonds is 4. The molecule has 1 atom stereocenters. The van der Waals surface area contributed by atoms with E-state index in [1.807, 2.05) is 35.2 Å². The highest BCUT2D eigenvalue weighted by Gasteiger charge is 2.52. The monoisotopic (exact) mass is 355 g/mol. The van der Waals surface area contributed by atoms with Gasteiger partial charge in [0.15, 0.2) is 0 Å². The standard InChI is InChI=1S/C20H22FN3O2/c21-9-6-18(25)23-17-12-24(13-20(17)7-2-8-20)19(26)15-5-4-14-3-1-10-22-16(14)11-15/h1,3-5,10-11,17H,2,6-9,12-13H2,(H,23,25). The number of likely N-dealkylation sites (tertiary alicyclic amines) is 1. The molecule has 6 heteroatoms. The maximum atomic E-state index is 13.0. The second kappa shape index (κ2) is 6.67. The van der Waals surface area contributed by atoms with Crippen molar-refractivity contribution in [1.29, 1.82) is 0 Å². The van der Waals surface area contributed by atoms with Crippen LogP contribution in [0.25, 0.3) is 10.9 Å². The Balaban J connectivity index is 1.53. The zero-order valence-electron chi connectivity index (χ0n) is 14.6. The van der Waals surface area contributed by atoms with Crippen LogP contribution in [0.1, 0.15) is 36.0 Å². The van der Waals surface area contributed by atoms with Crippen LogP contribution in [0.3, 0.4) is 0 Å². The second-order valence-corrected chi connectivity index (χ2v) is 7.37. The highest BCUT2D eigenvalue weighted by atomic mass is 19.1. The van der Waals surface area contributed by atoms with Crippen molar-refractivity contribution in [2.24, 2.45) is 5.41 Å². The van der Waals surface area contributed by atoms with E-state index in [1.54, 1.807) is 6.20 Å². The number of fused-ring (bicyclic) bond motifs is 1. The molecule has 26 heavy (non-hydrogen) atoms. The lowest BCUT2D eigenvalue weighted by atomic mass is 9.65. The summed E-state index contributed by atoms with van der Waals surface area (Å²) in [4.78, 5) is 31.0. The number of nitrogens with zero attached hydrogens (tertiary/aromatic N) is 2. The first kappa shape index (κ1) is 16.9. The molecule has 1 N–H and O–H groups in total. The molecule has 1 saturated carbocycles. The summed E-state index contributed by atoms with van der Waals surface area (Å²) in [5, 5.41) is 3.95. The fourth-order valence-corrected chi connectivity index (χ4v) is 4.19. The summed E-state index contributed by atoms with van der Waals surface area (Å²) in [7, 11) is 0. The van der Waals surface area contributed by atoms with Crippen LogP contribution >= 0.6 is 0 Å². The Bertz CT molecular complexity index is 850. The lowest BCUT2D eigenvalue weighted by molar-refractivity contribution is -0.123. The van der Waals surface area contributed by atoms with Gasteiger partial charge in [-0.15, -0.1) is 0 Å². The first-order valence-corrected chi connectivity index (χ1v) is 9.11. The van der Waals surface area contributed by atoms with Crippen LogP contribution in [0.5, 0.6) is 0 Å². The van der Waals surface area contributed by atoms with Gasteiger partial charge in [-0.2, -0.15) is 0 Å². The summed E-state index contributed by atoms with van der Waals surface area (Å²) in [5.74, 6) is -0.306. The van der Waals surface area contributed by atoms with Crippen molar-refractivity contribution in [1.82, 2.24) is 15.2 Å². The Morgan fingerprint density at radius 1 is 1.31 bits per heavy atom. The summed E-state index contributed by atoms with van der Waals surface area (Å²) in [6.45, 7) is 0.474. The summed E-state index contributed by atoms with van der Waals surface area (Å²) in [6, 6.07) is 9.31. The van der Waals surface area contributed by atoms with Crippen molar-refractivity contribution in [3.8, 4) is 0 Å². The van der Waals surface area contributed by atoms with Crippen LogP contribution in [0.4, 0.5) is 4.39 Å². The van der Waals surface area contributed by atoms with E-state index < -0.39 is 6.67 Å². The van der Waals surface area contributed by atoms with Gasteiger partial charge in [-0.1, -0.05) is 18.6 Å². The number of pyridine rings is 1. The molecule has 1 aromatic carbocycles. The molecule has 136 valence electrons. The van der Waals surface area contributed by atoms with E-state index in [0.29, 0.717) is 18.7 Å². The van der Waals surface area contributed by atoms with E-state index in [4.69, 9.17) is 0 Å². The Kier molecular flexibility index (Phi) is 4.34. The first-order chi connectivity index (χ1) is 12.6. The van der Waals surface area contributed by atoms with E-state index in [9.17, 15) is 14.0 Å². The van der Waals surface area contributed by atoms with Gasteiger partial charge in [-0.25, -0.2) is 0 Å². The third-order valence-corrected chi connectivity index (χ3v) is 5.79. The lowest BCUT2D eigenvalue weighted by Gasteiger charge is -2.42. The van der Waals surface area contributed by atoms with Gasteiger partial charge in [0.25, 0.3) is 5.91 Å². The van der Waals surface area contributed by atoms with Gasteiger partial charge in [-0.05, 0) is 31.0 Å². The van der Waals surface area contributed by atoms with Gasteiger partial charge in [0.05, 0.1) is 24.7 Å². The Hall–Kier alpha value is -2.50. The number of aromatic nitrogens is 1. The molecule has 1 unspecified atom stereocenters. The fraction of sp³-hybridized carbons (Fsp3) is 0.450. The Morgan fingerprint density at radius 2 is 2.15 bits per heavy atom. The highest BCUT2D eigenvalue weighted by Crippen LogP contribution is 2.48. The Labute approximate surface area is 151 Å². The zero-order chi connectivity index (χ0) is 18.1. The van der Waals surface area contributed by atoms with E-state index in [2.05, 4.69) is 10.3 Å². The van der Waals surface area contributed by atoms with E-state index in [0.717, 1.165) is 30.2 Å². The van der Waals surface area contributed by atoms with Crippen LogP contribution in [0, 0.1) is 5.41 Å². The molecule has 1 aliphatic carbocycles. The second-order valence-electron chi connectivity index (χ2n) is 7.37. The zero-order valence-corrected chi connectivity index (χ0v) is 14.6. The maximum absolute atomic E-state index is 13.0. The summed E-state index contributed by atoms with van der Waals surface area (Å²) in [5.41, 5.74) is 1.36. The van der Waals surface area contributed by atoms with Crippen molar-refractivity contribution in [3.05, 3.63) is 42.1 Å². The van der Waals surface area contributed by atoms with Crippen molar-refractivity contribution in [2.45, 2.75) is 31.7 Å². The molecule has 1 spiro atoms. The largest absolute Gasteiger partial charge is 0.351 e. The van der Waals surface area contributed by atoms with E-state index in [1.165, 1.54) is 0 Å². The van der Waals surface area contributed by atoms with Crippen LogP contribution in [0.2, 0.25) is 0 Å². The predicted molar refractivity (Wildman–Crippen MR) is 96.5 cm³/mol. The molecule has 2 aliphatic rings. The third-order valence-electron chi connectivity index (χ3n) is 5.79. The third kappa shape index (κ3) is 2.93. The number of carbonyl (C=O) groups is 2. The van der Waals surface area contributed by atoms with Gasteiger partial charge in [0.2, 0.25) is 5.91 Å². The number of alkyl halides is 1. The maximum Gasteiger partial charge on any atom is 0.254 e.